The Labute approximate surface area is 171 Å². The highest BCUT2D eigenvalue weighted by molar-refractivity contribution is 5.82. The van der Waals surface area contributed by atoms with Crippen molar-refractivity contribution in [2.45, 2.75) is 37.8 Å². The number of halogens is 8. The van der Waals surface area contributed by atoms with Gasteiger partial charge in [0.2, 0.25) is 5.91 Å². The minimum absolute atomic E-state index is 0.101. The largest absolute Gasteiger partial charge is 0.416 e. The average molecular weight is 452 g/mol. The first-order chi connectivity index (χ1) is 14.4. The Morgan fingerprint density at radius 1 is 0.968 bits per heavy atom. The van der Waals surface area contributed by atoms with E-state index in [1.165, 1.54) is 0 Å². The normalized spacial score (nSPS) is 17.1. The highest BCUT2D eigenvalue weighted by atomic mass is 19.4. The summed E-state index contributed by atoms with van der Waals surface area (Å²) in [4.78, 5) is 12.0. The molecule has 0 bridgehead atoms. The Bertz CT molecular complexity index is 946. The number of benzene rings is 2. The molecule has 0 aliphatic carbocycles. The van der Waals surface area contributed by atoms with E-state index >= 15 is 0 Å². The van der Waals surface area contributed by atoms with Crippen molar-refractivity contribution in [2.75, 3.05) is 6.54 Å². The van der Waals surface area contributed by atoms with Crippen LogP contribution in [-0.4, -0.2) is 18.5 Å². The van der Waals surface area contributed by atoms with Gasteiger partial charge in [-0.05, 0) is 55.3 Å². The fraction of sp³-hybridized carbons (Fsp3) is 0.350. The smallest absolute Gasteiger partial charge is 0.351 e. The molecule has 1 atom stereocenters. The van der Waals surface area contributed by atoms with Gasteiger partial charge in [0.15, 0.2) is 0 Å². The van der Waals surface area contributed by atoms with E-state index in [0.29, 0.717) is 31.2 Å². The zero-order chi connectivity index (χ0) is 23.0. The van der Waals surface area contributed by atoms with Crippen LogP contribution >= 0.6 is 0 Å². The second kappa shape index (κ2) is 8.45. The molecular weight excluding hydrogens is 436 g/mol. The third-order valence-corrected chi connectivity index (χ3v) is 4.84. The molecule has 1 aliphatic rings. The first-order valence-electron chi connectivity index (χ1n) is 9.15. The van der Waals surface area contributed by atoms with Crippen LogP contribution in [0, 0.1) is 11.6 Å². The molecule has 2 aromatic carbocycles. The van der Waals surface area contributed by atoms with Gasteiger partial charge in [-0.25, -0.2) is 8.78 Å². The summed E-state index contributed by atoms with van der Waals surface area (Å²) in [6.45, 7) is 0.131. The maximum atomic E-state index is 14.9. The molecule has 1 saturated heterocycles. The maximum absolute atomic E-state index is 14.9. The molecular formula is C20H16F8N2O. The third kappa shape index (κ3) is 5.33. The number of amides is 1. The number of alkyl halides is 6. The number of hydrogen-bond acceptors (Lipinski definition) is 2. The van der Waals surface area contributed by atoms with E-state index < -0.39 is 70.3 Å². The topological polar surface area (TPSA) is 41.1 Å². The molecule has 1 amide bonds. The first-order valence-corrected chi connectivity index (χ1v) is 9.15. The first kappa shape index (κ1) is 23.0. The van der Waals surface area contributed by atoms with Gasteiger partial charge in [-0.2, -0.15) is 26.3 Å². The number of carbonyl (C=O) groups excluding carboxylic acids is 1. The monoisotopic (exact) mass is 452 g/mol. The summed E-state index contributed by atoms with van der Waals surface area (Å²) >= 11 is 0. The van der Waals surface area contributed by atoms with E-state index in [1.807, 2.05) is 0 Å². The van der Waals surface area contributed by atoms with Crippen LogP contribution in [0.4, 0.5) is 35.1 Å². The van der Waals surface area contributed by atoms with Gasteiger partial charge in [-0.3, -0.25) is 4.79 Å². The second-order valence-electron chi connectivity index (χ2n) is 7.09. The van der Waals surface area contributed by atoms with E-state index in [9.17, 15) is 39.9 Å². The Morgan fingerprint density at radius 3 is 2.10 bits per heavy atom. The van der Waals surface area contributed by atoms with Gasteiger partial charge in [0, 0.05) is 17.7 Å². The molecule has 1 aliphatic heterocycles. The number of nitrogens with one attached hydrogen (secondary N) is 2. The quantitative estimate of drug-likeness (QED) is 0.639. The lowest BCUT2D eigenvalue weighted by Crippen LogP contribution is -2.40. The molecule has 168 valence electrons. The third-order valence-electron chi connectivity index (χ3n) is 4.84. The van der Waals surface area contributed by atoms with Gasteiger partial charge >= 0.3 is 12.4 Å². The van der Waals surface area contributed by atoms with E-state index in [-0.39, 0.29) is 6.07 Å². The molecule has 1 heterocycles. The number of rotatable bonds is 4. The Balaban J connectivity index is 2.00. The standard InChI is InChI=1S/C20H16F8N2O/c21-14-6-11(9-30-18(31)16-2-1-3-29-16)17(22)15(8-14)10-4-12(19(23,24)25)7-13(5-10)20(26,27)28/h4-8,16,29H,1-3,9H2,(H,30,31)/t16-/m0/s1. The number of hydrogen-bond donors (Lipinski definition) is 2. The van der Waals surface area contributed by atoms with Crippen LogP contribution in [-0.2, 0) is 23.7 Å². The second-order valence-corrected chi connectivity index (χ2v) is 7.09. The van der Waals surface area contributed by atoms with Crippen molar-refractivity contribution in [1.82, 2.24) is 10.6 Å². The van der Waals surface area contributed by atoms with E-state index in [1.54, 1.807) is 0 Å². The van der Waals surface area contributed by atoms with Crippen LogP contribution in [0.2, 0.25) is 0 Å². The predicted molar refractivity (Wildman–Crippen MR) is 94.7 cm³/mol. The minimum atomic E-state index is -5.13. The van der Waals surface area contributed by atoms with E-state index in [4.69, 9.17) is 0 Å². The van der Waals surface area contributed by atoms with Crippen molar-refractivity contribution in [3.8, 4) is 11.1 Å². The number of carbonyl (C=O) groups is 1. The minimum Gasteiger partial charge on any atom is -0.351 e. The van der Waals surface area contributed by atoms with Crippen LogP contribution < -0.4 is 10.6 Å². The molecule has 3 nitrogen and oxygen atoms in total. The van der Waals surface area contributed by atoms with Crippen molar-refractivity contribution < 1.29 is 39.9 Å². The lowest BCUT2D eigenvalue weighted by atomic mass is 9.97. The molecule has 0 aromatic heterocycles. The van der Waals surface area contributed by atoms with Crippen LogP contribution in [0.5, 0.6) is 0 Å². The molecule has 31 heavy (non-hydrogen) atoms. The average Bonchev–Trinajstić information content (AvgIpc) is 3.21. The maximum Gasteiger partial charge on any atom is 0.416 e. The SMILES string of the molecule is O=C(NCc1cc(F)cc(-c2cc(C(F)(F)F)cc(C(F)(F)F)c2)c1F)[C@@H]1CCCN1. The van der Waals surface area contributed by atoms with Crippen LogP contribution in [0.25, 0.3) is 11.1 Å². The van der Waals surface area contributed by atoms with Crippen molar-refractivity contribution in [3.63, 3.8) is 0 Å². The van der Waals surface area contributed by atoms with Gasteiger partial charge in [0.25, 0.3) is 0 Å². The van der Waals surface area contributed by atoms with Gasteiger partial charge in [0.1, 0.15) is 11.6 Å². The van der Waals surface area contributed by atoms with Crippen molar-refractivity contribution >= 4 is 5.91 Å². The molecule has 2 N–H and O–H groups in total. The zero-order valence-corrected chi connectivity index (χ0v) is 15.7. The van der Waals surface area contributed by atoms with Crippen molar-refractivity contribution in [1.29, 1.82) is 0 Å². The summed E-state index contributed by atoms with van der Waals surface area (Å²) in [7, 11) is 0. The van der Waals surface area contributed by atoms with Gasteiger partial charge < -0.3 is 10.6 Å². The van der Waals surface area contributed by atoms with Crippen molar-refractivity contribution in [2.24, 2.45) is 0 Å². The molecule has 0 radical (unpaired) electrons. The molecule has 3 rings (SSSR count). The van der Waals surface area contributed by atoms with Crippen LogP contribution in [0.1, 0.15) is 29.5 Å². The van der Waals surface area contributed by atoms with E-state index in [0.717, 1.165) is 12.5 Å². The zero-order valence-electron chi connectivity index (χ0n) is 15.7. The summed E-state index contributed by atoms with van der Waals surface area (Å²) in [5.74, 6) is -2.78. The van der Waals surface area contributed by atoms with Gasteiger partial charge in [-0.15, -0.1) is 0 Å². The van der Waals surface area contributed by atoms with Gasteiger partial charge in [-0.1, -0.05) is 0 Å². The Hall–Kier alpha value is -2.69. The molecule has 1 fully saturated rings. The summed E-state index contributed by atoms with van der Waals surface area (Å²) in [5.41, 5.74) is -5.28. The van der Waals surface area contributed by atoms with Crippen LogP contribution in [0.15, 0.2) is 30.3 Å². The van der Waals surface area contributed by atoms with Crippen LogP contribution in [0.3, 0.4) is 0 Å². The van der Waals surface area contributed by atoms with Gasteiger partial charge in [0.05, 0.1) is 17.2 Å². The Kier molecular flexibility index (Phi) is 6.26. The van der Waals surface area contributed by atoms with E-state index in [2.05, 4.69) is 10.6 Å². The van der Waals surface area contributed by atoms with Crippen molar-refractivity contribution in [3.05, 3.63) is 58.7 Å². The lowest BCUT2D eigenvalue weighted by Gasteiger charge is -2.16. The lowest BCUT2D eigenvalue weighted by molar-refractivity contribution is -0.143. The predicted octanol–water partition coefficient (Wildman–Crippen LogP) is 5.04. The molecule has 11 heteroatoms. The summed E-state index contributed by atoms with van der Waals surface area (Å²) in [5, 5.41) is 5.29. The molecule has 0 spiro atoms. The highest BCUT2D eigenvalue weighted by Gasteiger charge is 2.37. The highest BCUT2D eigenvalue weighted by Crippen LogP contribution is 2.39. The summed E-state index contributed by atoms with van der Waals surface area (Å²) in [6.07, 6.45) is -8.96. The fourth-order valence-electron chi connectivity index (χ4n) is 3.31. The summed E-state index contributed by atoms with van der Waals surface area (Å²) in [6, 6.07) is 1.26. The Morgan fingerprint density at radius 2 is 1.58 bits per heavy atom. The fourth-order valence-corrected chi connectivity index (χ4v) is 3.31. The molecule has 2 aromatic rings. The molecule has 0 unspecified atom stereocenters. The summed E-state index contributed by atoms with van der Waals surface area (Å²) < 4.78 is 107. The molecule has 0 saturated carbocycles.